The van der Waals surface area contributed by atoms with Crippen molar-refractivity contribution in [1.82, 2.24) is 19.7 Å². The minimum Gasteiger partial charge on any atom is -0.348 e. The van der Waals surface area contributed by atoms with E-state index in [-0.39, 0.29) is 22.8 Å². The molecule has 0 saturated carbocycles. The van der Waals surface area contributed by atoms with Crippen molar-refractivity contribution in [3.8, 4) is 0 Å². The standard InChI is InChI=1S/C27H24N6O2/c1-18-7-6-13-33-24(18)31-25-22(27(33)35)15-21(26(34)30-17-20-10-5-12-29-16-20)23(28)32(25)14-11-19-8-3-2-4-9-19/h2-10,12-13,15-16,28H,11,14,17H2,1H3,(H,30,34)/p+1. The molecule has 0 bridgehead atoms. The molecule has 4 heterocycles. The van der Waals surface area contributed by atoms with Crippen molar-refractivity contribution in [2.24, 2.45) is 0 Å². The highest BCUT2D eigenvalue weighted by atomic mass is 16.1. The maximum Gasteiger partial charge on any atom is 0.278 e. The maximum atomic E-state index is 13.5. The van der Waals surface area contributed by atoms with Gasteiger partial charge in [-0.3, -0.25) is 19.0 Å². The van der Waals surface area contributed by atoms with Crippen LogP contribution in [0.15, 0.2) is 84.0 Å². The minimum atomic E-state index is -0.365. The normalized spacial score (nSPS) is 11.1. The molecule has 0 aliphatic rings. The summed E-state index contributed by atoms with van der Waals surface area (Å²) in [5.74, 6) is -0.0996. The highest BCUT2D eigenvalue weighted by Gasteiger charge is 2.24. The summed E-state index contributed by atoms with van der Waals surface area (Å²) >= 11 is 0. The summed E-state index contributed by atoms with van der Waals surface area (Å²) in [6.07, 6.45) is 5.72. The van der Waals surface area contributed by atoms with Gasteiger partial charge in [0.05, 0.1) is 6.54 Å². The fourth-order valence-corrected chi connectivity index (χ4v) is 4.18. The van der Waals surface area contributed by atoms with Crippen LogP contribution in [0.4, 0.5) is 5.82 Å². The van der Waals surface area contributed by atoms with Crippen molar-refractivity contribution < 1.29 is 9.36 Å². The maximum absolute atomic E-state index is 13.5. The van der Waals surface area contributed by atoms with Crippen LogP contribution in [0.5, 0.6) is 0 Å². The summed E-state index contributed by atoms with van der Waals surface area (Å²) in [6.45, 7) is 2.67. The van der Waals surface area contributed by atoms with Gasteiger partial charge in [-0.1, -0.05) is 47.4 Å². The van der Waals surface area contributed by atoms with Gasteiger partial charge in [-0.2, -0.15) is 0 Å². The number of benzene rings is 1. The molecule has 5 rings (SSSR count). The Morgan fingerprint density at radius 3 is 2.66 bits per heavy atom. The molecule has 174 valence electrons. The topological polar surface area (TPSA) is 106 Å². The van der Waals surface area contributed by atoms with E-state index in [0.717, 1.165) is 16.7 Å². The molecule has 3 N–H and O–H groups in total. The third-order valence-electron chi connectivity index (χ3n) is 6.06. The van der Waals surface area contributed by atoms with E-state index in [1.54, 1.807) is 35.3 Å². The Morgan fingerprint density at radius 2 is 1.89 bits per heavy atom. The molecule has 1 aromatic carbocycles. The molecule has 1 amide bonds. The van der Waals surface area contributed by atoms with E-state index in [0.29, 0.717) is 36.2 Å². The Bertz CT molecular complexity index is 1600. The average Bonchev–Trinajstić information content (AvgIpc) is 2.88. The van der Waals surface area contributed by atoms with Crippen LogP contribution in [0.1, 0.15) is 27.0 Å². The van der Waals surface area contributed by atoms with Gasteiger partial charge in [0.15, 0.2) is 0 Å². The van der Waals surface area contributed by atoms with E-state index in [1.807, 2.05) is 55.5 Å². The minimum absolute atomic E-state index is 0.237. The van der Waals surface area contributed by atoms with Crippen molar-refractivity contribution in [3.05, 3.63) is 112 Å². The van der Waals surface area contributed by atoms with E-state index in [1.165, 1.54) is 4.40 Å². The second kappa shape index (κ2) is 9.34. The third kappa shape index (κ3) is 4.33. The highest BCUT2D eigenvalue weighted by Crippen LogP contribution is 2.16. The van der Waals surface area contributed by atoms with E-state index in [4.69, 9.17) is 10.7 Å². The van der Waals surface area contributed by atoms with E-state index in [9.17, 15) is 9.59 Å². The van der Waals surface area contributed by atoms with Gasteiger partial charge in [-0.15, -0.1) is 0 Å². The lowest BCUT2D eigenvalue weighted by molar-refractivity contribution is -0.658. The first-order valence-corrected chi connectivity index (χ1v) is 11.4. The molecule has 8 heteroatoms. The monoisotopic (exact) mass is 465 g/mol. The molecular formula is C27H25N6O2+. The molecule has 0 atom stereocenters. The van der Waals surface area contributed by atoms with Crippen molar-refractivity contribution in [3.63, 3.8) is 0 Å². The molecule has 5 aromatic rings. The Kier molecular flexibility index (Phi) is 5.93. The second-order valence-corrected chi connectivity index (χ2v) is 8.41. The molecule has 0 fully saturated rings. The predicted octanol–water partition coefficient (Wildman–Crippen LogP) is 2.59. The number of nitrogens with one attached hydrogen (secondary N) is 1. The zero-order valence-corrected chi connectivity index (χ0v) is 19.3. The molecule has 35 heavy (non-hydrogen) atoms. The number of anilines is 1. The van der Waals surface area contributed by atoms with E-state index >= 15 is 0 Å². The van der Waals surface area contributed by atoms with Crippen LogP contribution in [0.25, 0.3) is 16.7 Å². The van der Waals surface area contributed by atoms with E-state index in [2.05, 4.69) is 10.3 Å². The van der Waals surface area contributed by atoms with Crippen LogP contribution >= 0.6 is 0 Å². The number of carbonyl (C=O) groups is 1. The van der Waals surface area contributed by atoms with Gasteiger partial charge in [0.25, 0.3) is 17.1 Å². The molecule has 0 spiro atoms. The lowest BCUT2D eigenvalue weighted by Gasteiger charge is -2.13. The first-order chi connectivity index (χ1) is 17.0. The largest absolute Gasteiger partial charge is 0.348 e. The number of hydrogen-bond donors (Lipinski definition) is 2. The van der Waals surface area contributed by atoms with Crippen LogP contribution < -0.4 is 21.2 Å². The number of fused-ring (bicyclic) bond motifs is 2. The Morgan fingerprint density at radius 1 is 1.09 bits per heavy atom. The zero-order valence-electron chi connectivity index (χ0n) is 19.3. The SMILES string of the molecule is Cc1cccn2c(=O)c3cc(C(=O)NCc4cccnc4)c(N)[n+](CCc4ccccc4)c3nc12. The number of nitrogens with zero attached hydrogens (tertiary/aromatic N) is 4. The summed E-state index contributed by atoms with van der Waals surface area (Å²) in [5, 5.41) is 3.22. The third-order valence-corrected chi connectivity index (χ3v) is 6.06. The predicted molar refractivity (Wildman–Crippen MR) is 134 cm³/mol. The number of nitrogen functional groups attached to an aromatic ring is 1. The number of rotatable bonds is 6. The first-order valence-electron chi connectivity index (χ1n) is 11.4. The van der Waals surface area contributed by atoms with Gasteiger partial charge >= 0.3 is 0 Å². The van der Waals surface area contributed by atoms with Crippen LogP contribution in [0.2, 0.25) is 0 Å². The summed E-state index contributed by atoms with van der Waals surface area (Å²) in [4.78, 5) is 35.5. The van der Waals surface area contributed by atoms with Crippen LogP contribution in [0, 0.1) is 6.92 Å². The summed E-state index contributed by atoms with van der Waals surface area (Å²) in [7, 11) is 0. The number of aromatic nitrogens is 4. The molecule has 0 aliphatic heterocycles. The Labute approximate surface area is 201 Å². The molecule has 0 radical (unpaired) electrons. The van der Waals surface area contributed by atoms with Gasteiger partial charge in [0.2, 0.25) is 11.5 Å². The molecule has 0 unspecified atom stereocenters. The smallest absolute Gasteiger partial charge is 0.278 e. The van der Waals surface area contributed by atoms with Crippen LogP contribution in [-0.4, -0.2) is 20.3 Å². The number of carbonyl (C=O) groups excluding carboxylic acids is 1. The van der Waals surface area contributed by atoms with Gasteiger partial charge in [-0.05, 0) is 36.2 Å². The second-order valence-electron chi connectivity index (χ2n) is 8.41. The molecule has 0 saturated heterocycles. The fourth-order valence-electron chi connectivity index (χ4n) is 4.18. The van der Waals surface area contributed by atoms with Gasteiger partial charge < -0.3 is 11.1 Å². The van der Waals surface area contributed by atoms with Crippen molar-refractivity contribution >= 4 is 28.4 Å². The lowest BCUT2D eigenvalue weighted by atomic mass is 10.1. The highest BCUT2D eigenvalue weighted by molar-refractivity contribution is 6.00. The lowest BCUT2D eigenvalue weighted by Crippen LogP contribution is -2.43. The number of nitrogens with two attached hydrogens (primary N) is 1. The van der Waals surface area contributed by atoms with Gasteiger partial charge in [0, 0.05) is 37.1 Å². The van der Waals surface area contributed by atoms with Gasteiger partial charge in [0.1, 0.15) is 10.9 Å². The van der Waals surface area contributed by atoms with E-state index < -0.39 is 0 Å². The number of hydrogen-bond acceptors (Lipinski definition) is 5. The van der Waals surface area contributed by atoms with Crippen molar-refractivity contribution in [2.75, 3.05) is 5.73 Å². The van der Waals surface area contributed by atoms with Crippen LogP contribution in [0.3, 0.4) is 0 Å². The average molecular weight is 466 g/mol. The molecule has 8 nitrogen and oxygen atoms in total. The summed E-state index contributed by atoms with van der Waals surface area (Å²) in [6, 6.07) is 18.9. The van der Waals surface area contributed by atoms with Crippen molar-refractivity contribution in [2.45, 2.75) is 26.4 Å². The fraction of sp³-hybridized carbons (Fsp3) is 0.148. The molecular weight excluding hydrogens is 440 g/mol. The number of aryl methyl sites for hydroxylation is 3. The summed E-state index contributed by atoms with van der Waals surface area (Å²) < 4.78 is 3.28. The Balaban J connectivity index is 1.63. The zero-order chi connectivity index (χ0) is 24.4. The quantitative estimate of drug-likeness (QED) is 0.296. The van der Waals surface area contributed by atoms with Crippen LogP contribution in [-0.2, 0) is 19.5 Å². The van der Waals surface area contributed by atoms with Crippen molar-refractivity contribution in [1.29, 1.82) is 0 Å². The number of amides is 1. The number of pyridine rings is 3. The molecule has 4 aromatic heterocycles. The van der Waals surface area contributed by atoms with Gasteiger partial charge in [-0.25, -0.2) is 4.57 Å². The molecule has 0 aliphatic carbocycles. The first kappa shape index (κ1) is 22.2. The Hall–Kier alpha value is -4.59. The summed E-state index contributed by atoms with van der Waals surface area (Å²) in [5.41, 5.74) is 10.4.